The van der Waals surface area contributed by atoms with Crippen LogP contribution >= 0.6 is 0 Å². The van der Waals surface area contributed by atoms with E-state index in [9.17, 15) is 9.18 Å². The monoisotopic (exact) mass is 390 g/mol. The van der Waals surface area contributed by atoms with Crippen molar-refractivity contribution in [1.82, 2.24) is 10.2 Å². The van der Waals surface area contributed by atoms with E-state index in [1.807, 2.05) is 34.6 Å². The zero-order valence-corrected chi connectivity index (χ0v) is 18.8. The molecular formula is C24H39FN2O. The van der Waals surface area contributed by atoms with E-state index < -0.39 is 0 Å². The van der Waals surface area contributed by atoms with Gasteiger partial charge in [0.1, 0.15) is 12.1 Å². The third kappa shape index (κ3) is 10.4. The third-order valence-electron chi connectivity index (χ3n) is 4.27. The molecule has 0 radical (unpaired) electrons. The Kier molecular flexibility index (Phi) is 13.1. The second-order valence-electron chi connectivity index (χ2n) is 7.89. The molecule has 1 heterocycles. The first kappa shape index (κ1) is 26.0. The maximum atomic E-state index is 12.9. The molecule has 0 aliphatic rings. The molecule has 4 heteroatoms. The van der Waals surface area contributed by atoms with Crippen molar-refractivity contribution < 1.29 is 9.18 Å². The zero-order valence-electron chi connectivity index (χ0n) is 18.8. The highest BCUT2D eigenvalue weighted by Crippen LogP contribution is 2.27. The second-order valence-corrected chi connectivity index (χ2v) is 7.89. The predicted octanol–water partition coefficient (Wildman–Crippen LogP) is 7.55. The number of rotatable bonds is 7. The summed E-state index contributed by atoms with van der Waals surface area (Å²) in [6.45, 7) is 14.5. The summed E-state index contributed by atoms with van der Waals surface area (Å²) in [5, 5.41) is 7.48. The number of benzene rings is 1. The third-order valence-corrected chi connectivity index (χ3v) is 4.27. The van der Waals surface area contributed by atoms with Gasteiger partial charge in [-0.2, -0.15) is 5.10 Å². The molecular weight excluding hydrogens is 351 g/mol. The van der Waals surface area contributed by atoms with E-state index in [4.69, 9.17) is 0 Å². The van der Waals surface area contributed by atoms with Gasteiger partial charge in [-0.15, -0.1) is 0 Å². The summed E-state index contributed by atoms with van der Waals surface area (Å²) in [5.41, 5.74) is 3.22. The predicted molar refractivity (Wildman–Crippen MR) is 118 cm³/mol. The van der Waals surface area contributed by atoms with Gasteiger partial charge < -0.3 is 4.79 Å². The Bertz CT molecular complexity index is 641. The van der Waals surface area contributed by atoms with Gasteiger partial charge in [0.25, 0.3) is 0 Å². The number of carbonyl (C=O) groups is 1. The fourth-order valence-corrected chi connectivity index (χ4v) is 2.59. The maximum Gasteiger partial charge on any atom is 0.123 e. The highest BCUT2D eigenvalue weighted by atomic mass is 19.1. The number of halogens is 1. The Hall–Kier alpha value is -1.97. The van der Waals surface area contributed by atoms with Crippen molar-refractivity contribution in [3.63, 3.8) is 0 Å². The van der Waals surface area contributed by atoms with Gasteiger partial charge in [-0.1, -0.05) is 61.3 Å². The van der Waals surface area contributed by atoms with Crippen LogP contribution in [0.25, 0.3) is 11.3 Å². The normalized spacial score (nSPS) is 11.6. The molecule has 158 valence electrons. The van der Waals surface area contributed by atoms with Crippen molar-refractivity contribution in [2.75, 3.05) is 0 Å². The summed E-state index contributed by atoms with van der Waals surface area (Å²) in [6.07, 6.45) is 6.38. The lowest BCUT2D eigenvalue weighted by atomic mass is 9.93. The molecule has 2 aromatic rings. The van der Waals surface area contributed by atoms with Crippen LogP contribution in [0.15, 0.2) is 30.3 Å². The van der Waals surface area contributed by atoms with Crippen molar-refractivity contribution in [2.24, 2.45) is 5.41 Å². The minimum absolute atomic E-state index is 0.182. The van der Waals surface area contributed by atoms with Crippen molar-refractivity contribution in [3.05, 3.63) is 41.8 Å². The van der Waals surface area contributed by atoms with Crippen molar-refractivity contribution in [2.45, 2.75) is 86.5 Å². The van der Waals surface area contributed by atoms with E-state index in [1.54, 1.807) is 12.1 Å². The van der Waals surface area contributed by atoms with Gasteiger partial charge in [-0.3, -0.25) is 5.10 Å². The number of hydrogen-bond acceptors (Lipinski definition) is 2. The molecule has 0 aliphatic carbocycles. The van der Waals surface area contributed by atoms with Crippen LogP contribution in [-0.4, -0.2) is 16.5 Å². The summed E-state index contributed by atoms with van der Waals surface area (Å²) in [4.78, 5) is 9.82. The lowest BCUT2D eigenvalue weighted by Crippen LogP contribution is -2.04. The van der Waals surface area contributed by atoms with E-state index in [0.29, 0.717) is 12.3 Å². The minimum Gasteiger partial charge on any atom is -0.303 e. The molecule has 0 spiro atoms. The number of nitrogens with zero attached hydrogens (tertiary/aromatic N) is 1. The number of hydrogen-bond donors (Lipinski definition) is 1. The van der Waals surface area contributed by atoms with Crippen LogP contribution in [0, 0.1) is 11.2 Å². The maximum absolute atomic E-state index is 12.9. The fourth-order valence-electron chi connectivity index (χ4n) is 2.59. The van der Waals surface area contributed by atoms with E-state index in [1.165, 1.54) is 37.1 Å². The number of H-pyrrole nitrogens is 1. The van der Waals surface area contributed by atoms with Crippen LogP contribution < -0.4 is 0 Å². The van der Waals surface area contributed by atoms with Crippen molar-refractivity contribution in [1.29, 1.82) is 0 Å². The molecule has 1 aromatic carbocycles. The highest BCUT2D eigenvalue weighted by molar-refractivity contribution is 5.59. The summed E-state index contributed by atoms with van der Waals surface area (Å²) >= 11 is 0. The number of aromatic amines is 1. The average molecular weight is 391 g/mol. The Labute approximate surface area is 171 Å². The van der Waals surface area contributed by atoms with Crippen LogP contribution in [-0.2, 0) is 4.79 Å². The Morgan fingerprint density at radius 1 is 1.14 bits per heavy atom. The molecule has 0 fully saturated rings. The van der Waals surface area contributed by atoms with Gasteiger partial charge >= 0.3 is 0 Å². The molecule has 28 heavy (non-hydrogen) atoms. The minimum atomic E-state index is -0.214. The number of aldehydes is 1. The van der Waals surface area contributed by atoms with Crippen molar-refractivity contribution >= 4 is 6.29 Å². The van der Waals surface area contributed by atoms with Crippen molar-refractivity contribution in [3.8, 4) is 11.3 Å². The Balaban J connectivity index is 0.000000688. The highest BCUT2D eigenvalue weighted by Gasteiger charge is 2.13. The van der Waals surface area contributed by atoms with E-state index in [2.05, 4.69) is 30.1 Å². The van der Waals surface area contributed by atoms with Gasteiger partial charge in [0.2, 0.25) is 0 Å². The summed E-state index contributed by atoms with van der Waals surface area (Å²) in [5.74, 6) is 0.329. The quantitative estimate of drug-likeness (QED) is 0.496. The summed E-state index contributed by atoms with van der Waals surface area (Å²) in [7, 11) is 0. The molecule has 1 atom stereocenters. The number of aromatic nitrogens is 2. The summed E-state index contributed by atoms with van der Waals surface area (Å²) < 4.78 is 12.9. The van der Waals surface area contributed by atoms with Gasteiger partial charge in [0.05, 0.1) is 5.69 Å². The lowest BCUT2D eigenvalue weighted by molar-refractivity contribution is -0.109. The van der Waals surface area contributed by atoms with Gasteiger partial charge in [-0.05, 0) is 48.6 Å². The number of nitrogens with one attached hydrogen (secondary N) is 1. The average Bonchev–Trinajstić information content (AvgIpc) is 3.14. The molecule has 0 saturated carbocycles. The molecule has 0 amide bonds. The second kappa shape index (κ2) is 14.1. The summed E-state index contributed by atoms with van der Waals surface area (Å²) in [6, 6.07) is 8.57. The van der Waals surface area contributed by atoms with Crippen LogP contribution in [0.5, 0.6) is 0 Å². The van der Waals surface area contributed by atoms with Gasteiger partial charge in [-0.25, -0.2) is 4.39 Å². The largest absolute Gasteiger partial charge is 0.303 e. The SMILES string of the molecule is CC.CC(C)(C)CC=O.CCCCC(CC)c1cc(-c2ccc(F)cc2)n[nH]1. The standard InChI is InChI=1S/C16H21FN2.C6H12O.C2H6/c1-3-5-6-12(4-2)15-11-16(19-18-15)13-7-9-14(17)10-8-13;1-6(2,3)4-5-7;1-2/h7-12H,3-6H2,1-2H3,(H,18,19);5H,4H2,1-3H3;1-2H3. The zero-order chi connectivity index (χ0) is 21.6. The van der Waals surface area contributed by atoms with Crippen LogP contribution in [0.2, 0.25) is 0 Å². The fraction of sp³-hybridized carbons (Fsp3) is 0.583. The Morgan fingerprint density at radius 2 is 1.75 bits per heavy atom. The number of unbranched alkanes of at least 4 members (excludes halogenated alkanes) is 1. The first-order valence-corrected chi connectivity index (χ1v) is 10.6. The van der Waals surface area contributed by atoms with E-state index in [0.717, 1.165) is 24.0 Å². The van der Waals surface area contributed by atoms with E-state index in [-0.39, 0.29) is 11.2 Å². The lowest BCUT2D eigenvalue weighted by Gasteiger charge is -2.11. The first-order chi connectivity index (χ1) is 13.3. The van der Waals surface area contributed by atoms with Crippen LogP contribution in [0.3, 0.4) is 0 Å². The topological polar surface area (TPSA) is 45.8 Å². The van der Waals surface area contributed by atoms with Crippen LogP contribution in [0.1, 0.15) is 92.2 Å². The molecule has 0 aliphatic heterocycles. The van der Waals surface area contributed by atoms with Gasteiger partial charge in [0, 0.05) is 23.6 Å². The van der Waals surface area contributed by atoms with Gasteiger partial charge in [0.15, 0.2) is 0 Å². The molecule has 0 bridgehead atoms. The molecule has 1 aromatic heterocycles. The molecule has 0 saturated heterocycles. The van der Waals surface area contributed by atoms with E-state index >= 15 is 0 Å². The molecule has 3 nitrogen and oxygen atoms in total. The Morgan fingerprint density at radius 3 is 2.18 bits per heavy atom. The molecule has 1 unspecified atom stereocenters. The number of carbonyl (C=O) groups excluding carboxylic acids is 1. The first-order valence-electron chi connectivity index (χ1n) is 10.6. The smallest absolute Gasteiger partial charge is 0.123 e. The molecule has 1 N–H and O–H groups in total. The van der Waals surface area contributed by atoms with Crippen LogP contribution in [0.4, 0.5) is 4.39 Å². The molecule has 2 rings (SSSR count).